The van der Waals surface area contributed by atoms with Crippen LogP contribution in [0.25, 0.3) is 10.9 Å². The van der Waals surface area contributed by atoms with E-state index in [0.717, 1.165) is 10.9 Å². The average molecular weight is 337 g/mol. The molecule has 0 bridgehead atoms. The van der Waals surface area contributed by atoms with Crippen LogP contribution in [0.3, 0.4) is 0 Å². The van der Waals surface area contributed by atoms with Crippen LogP contribution in [0.2, 0.25) is 0 Å². The summed E-state index contributed by atoms with van der Waals surface area (Å²) in [6, 6.07) is 12.8. The minimum atomic E-state index is -0.436. The highest BCUT2D eigenvalue weighted by molar-refractivity contribution is 5.94. The zero-order valence-corrected chi connectivity index (χ0v) is 14.2. The summed E-state index contributed by atoms with van der Waals surface area (Å²) in [6.45, 7) is 2.52. The molecule has 6 heteroatoms. The van der Waals surface area contributed by atoms with Crippen LogP contribution in [0.15, 0.2) is 48.7 Å². The number of nitrogens with one attached hydrogen (secondary N) is 1. The lowest BCUT2D eigenvalue weighted by Crippen LogP contribution is -2.15. The number of hydrogen-bond acceptors (Lipinski definition) is 4. The Morgan fingerprint density at radius 1 is 1.20 bits per heavy atom. The standard InChI is InChI=1S/C19H19N3O3/c1-13-6-7-17-15(10-13)12-20-22(17)9-8-18(23)21-16-5-3-4-14(11-16)19(24)25-2/h3-7,10-12H,8-9H2,1-2H3,(H,21,23). The topological polar surface area (TPSA) is 73.2 Å². The first-order valence-corrected chi connectivity index (χ1v) is 7.97. The molecule has 1 aromatic heterocycles. The Bertz CT molecular complexity index is 931. The summed E-state index contributed by atoms with van der Waals surface area (Å²) in [5, 5.41) is 8.19. The fourth-order valence-electron chi connectivity index (χ4n) is 2.66. The largest absolute Gasteiger partial charge is 0.465 e. The van der Waals surface area contributed by atoms with Gasteiger partial charge in [0.1, 0.15) is 0 Å². The fourth-order valence-corrected chi connectivity index (χ4v) is 2.66. The highest BCUT2D eigenvalue weighted by Gasteiger charge is 2.09. The number of esters is 1. The van der Waals surface area contributed by atoms with Crippen LogP contribution in [0.5, 0.6) is 0 Å². The molecule has 1 heterocycles. The molecule has 0 aliphatic heterocycles. The van der Waals surface area contributed by atoms with E-state index >= 15 is 0 Å². The van der Waals surface area contributed by atoms with Gasteiger partial charge in [-0.15, -0.1) is 0 Å². The number of ether oxygens (including phenoxy) is 1. The highest BCUT2D eigenvalue weighted by Crippen LogP contribution is 2.16. The van der Waals surface area contributed by atoms with Crippen LogP contribution in [0.4, 0.5) is 5.69 Å². The quantitative estimate of drug-likeness (QED) is 0.726. The van der Waals surface area contributed by atoms with Crippen molar-refractivity contribution in [1.29, 1.82) is 0 Å². The second-order valence-electron chi connectivity index (χ2n) is 5.80. The van der Waals surface area contributed by atoms with Gasteiger partial charge in [-0.2, -0.15) is 5.10 Å². The summed E-state index contributed by atoms with van der Waals surface area (Å²) in [6.07, 6.45) is 2.09. The van der Waals surface area contributed by atoms with Gasteiger partial charge in [-0.3, -0.25) is 9.48 Å². The molecule has 25 heavy (non-hydrogen) atoms. The molecule has 0 radical (unpaired) electrons. The van der Waals surface area contributed by atoms with Crippen molar-refractivity contribution in [3.63, 3.8) is 0 Å². The van der Waals surface area contributed by atoms with Gasteiger partial charge in [0, 0.05) is 17.5 Å². The van der Waals surface area contributed by atoms with Crippen molar-refractivity contribution in [2.24, 2.45) is 0 Å². The normalized spacial score (nSPS) is 10.6. The van der Waals surface area contributed by atoms with Crippen LogP contribution >= 0.6 is 0 Å². The Balaban J connectivity index is 1.64. The Morgan fingerprint density at radius 2 is 2.04 bits per heavy atom. The number of aryl methyl sites for hydroxylation is 2. The third kappa shape index (κ3) is 3.85. The van der Waals surface area contributed by atoms with Gasteiger partial charge < -0.3 is 10.1 Å². The summed E-state index contributed by atoms with van der Waals surface area (Å²) in [7, 11) is 1.32. The molecule has 1 N–H and O–H groups in total. The van der Waals surface area contributed by atoms with Gasteiger partial charge in [0.2, 0.25) is 5.91 Å². The SMILES string of the molecule is COC(=O)c1cccc(NC(=O)CCn2ncc3cc(C)ccc32)c1. The van der Waals surface area contributed by atoms with Crippen molar-refractivity contribution in [3.8, 4) is 0 Å². The van der Waals surface area contributed by atoms with Gasteiger partial charge in [0.05, 0.1) is 30.9 Å². The lowest BCUT2D eigenvalue weighted by atomic mass is 10.2. The third-order valence-corrected chi connectivity index (χ3v) is 3.92. The summed E-state index contributed by atoms with van der Waals surface area (Å²) < 4.78 is 6.50. The summed E-state index contributed by atoms with van der Waals surface area (Å²) in [5.41, 5.74) is 3.14. The van der Waals surface area contributed by atoms with Crippen molar-refractivity contribution >= 4 is 28.5 Å². The molecule has 128 valence electrons. The van der Waals surface area contributed by atoms with Crippen molar-refractivity contribution in [3.05, 3.63) is 59.8 Å². The second-order valence-corrected chi connectivity index (χ2v) is 5.80. The number of carbonyl (C=O) groups is 2. The zero-order valence-electron chi connectivity index (χ0n) is 14.2. The predicted octanol–water partition coefficient (Wildman–Crippen LogP) is 3.16. The number of amides is 1. The molecule has 0 saturated carbocycles. The summed E-state index contributed by atoms with van der Waals surface area (Å²) in [4.78, 5) is 23.7. The minimum absolute atomic E-state index is 0.141. The molecule has 0 unspecified atom stereocenters. The average Bonchev–Trinajstić information content (AvgIpc) is 3.01. The van der Waals surface area contributed by atoms with Gasteiger partial charge in [-0.25, -0.2) is 4.79 Å². The first-order chi connectivity index (χ1) is 12.1. The minimum Gasteiger partial charge on any atom is -0.465 e. The summed E-state index contributed by atoms with van der Waals surface area (Å²) in [5.74, 6) is -0.577. The van der Waals surface area contributed by atoms with E-state index in [1.54, 1.807) is 30.5 Å². The number of hydrogen-bond donors (Lipinski definition) is 1. The Kier molecular flexibility index (Phi) is 4.79. The lowest BCUT2D eigenvalue weighted by molar-refractivity contribution is -0.116. The smallest absolute Gasteiger partial charge is 0.337 e. The van der Waals surface area contributed by atoms with Gasteiger partial charge in [0.25, 0.3) is 0 Å². The van der Waals surface area contributed by atoms with E-state index in [0.29, 0.717) is 17.8 Å². The number of nitrogens with zero attached hydrogens (tertiary/aromatic N) is 2. The number of rotatable bonds is 5. The fraction of sp³-hybridized carbons (Fsp3) is 0.211. The number of aromatic nitrogens is 2. The Morgan fingerprint density at radius 3 is 2.84 bits per heavy atom. The molecular formula is C19H19N3O3. The Labute approximate surface area is 145 Å². The van der Waals surface area contributed by atoms with E-state index in [1.165, 1.54) is 12.7 Å². The molecule has 6 nitrogen and oxygen atoms in total. The highest BCUT2D eigenvalue weighted by atomic mass is 16.5. The van der Waals surface area contributed by atoms with Crippen molar-refractivity contribution < 1.29 is 14.3 Å². The van der Waals surface area contributed by atoms with Crippen LogP contribution < -0.4 is 5.32 Å². The van der Waals surface area contributed by atoms with Gasteiger partial charge in [-0.1, -0.05) is 17.7 Å². The molecule has 0 saturated heterocycles. The van der Waals surface area contributed by atoms with Crippen LogP contribution in [-0.4, -0.2) is 28.8 Å². The monoisotopic (exact) mass is 337 g/mol. The molecule has 3 aromatic rings. The molecule has 0 aliphatic rings. The molecule has 0 atom stereocenters. The molecule has 0 spiro atoms. The molecule has 2 aromatic carbocycles. The maximum Gasteiger partial charge on any atom is 0.337 e. The van der Waals surface area contributed by atoms with Gasteiger partial charge >= 0.3 is 5.97 Å². The molecule has 1 amide bonds. The van der Waals surface area contributed by atoms with Crippen LogP contribution in [0, 0.1) is 6.92 Å². The van der Waals surface area contributed by atoms with Crippen molar-refractivity contribution in [1.82, 2.24) is 9.78 Å². The lowest BCUT2D eigenvalue weighted by Gasteiger charge is -2.07. The van der Waals surface area contributed by atoms with E-state index in [2.05, 4.69) is 21.2 Å². The number of fused-ring (bicyclic) bond motifs is 1. The van der Waals surface area contributed by atoms with Crippen LogP contribution in [-0.2, 0) is 16.1 Å². The first kappa shape index (κ1) is 16.7. The van der Waals surface area contributed by atoms with Gasteiger partial charge in [-0.05, 0) is 37.3 Å². The zero-order chi connectivity index (χ0) is 17.8. The van der Waals surface area contributed by atoms with Gasteiger partial charge in [0.15, 0.2) is 0 Å². The van der Waals surface area contributed by atoms with E-state index in [9.17, 15) is 9.59 Å². The van der Waals surface area contributed by atoms with E-state index in [1.807, 2.05) is 23.7 Å². The number of methoxy groups -OCH3 is 1. The summed E-state index contributed by atoms with van der Waals surface area (Å²) >= 11 is 0. The number of carbonyl (C=O) groups excluding carboxylic acids is 2. The second kappa shape index (κ2) is 7.17. The maximum absolute atomic E-state index is 12.2. The molecule has 0 aliphatic carbocycles. The van der Waals surface area contributed by atoms with E-state index in [-0.39, 0.29) is 12.3 Å². The van der Waals surface area contributed by atoms with E-state index < -0.39 is 5.97 Å². The maximum atomic E-state index is 12.2. The van der Waals surface area contributed by atoms with Crippen molar-refractivity contribution in [2.75, 3.05) is 12.4 Å². The van der Waals surface area contributed by atoms with Crippen molar-refractivity contribution in [2.45, 2.75) is 19.9 Å². The van der Waals surface area contributed by atoms with Crippen LogP contribution in [0.1, 0.15) is 22.3 Å². The Hall–Kier alpha value is -3.15. The van der Waals surface area contributed by atoms with E-state index in [4.69, 9.17) is 0 Å². The molecular weight excluding hydrogens is 318 g/mol. The number of anilines is 1. The number of benzene rings is 2. The molecule has 0 fully saturated rings. The predicted molar refractivity (Wildman–Crippen MR) is 95.5 cm³/mol. The first-order valence-electron chi connectivity index (χ1n) is 7.97. The molecule has 3 rings (SSSR count). The third-order valence-electron chi connectivity index (χ3n) is 3.92.